The molecule has 0 aliphatic carbocycles. The molecule has 0 aliphatic heterocycles. The third kappa shape index (κ3) is 2.86. The van der Waals surface area contributed by atoms with Crippen molar-refractivity contribution in [2.45, 2.75) is 0 Å². The van der Waals surface area contributed by atoms with E-state index in [0.717, 1.165) is 4.90 Å². The number of carbonyl (C=O) groups excluding carboxylic acids is 1. The van der Waals surface area contributed by atoms with Crippen LogP contribution in [0.3, 0.4) is 0 Å². The first-order valence-corrected chi connectivity index (χ1v) is 4.44. The van der Waals surface area contributed by atoms with Crippen molar-refractivity contribution in [2.24, 2.45) is 0 Å². The second-order valence-corrected chi connectivity index (χ2v) is 3.37. The number of nitro benzene ring substituents is 1. The second kappa shape index (κ2) is 4.73. The molecule has 2 amide bonds. The molecule has 92 valence electrons. The zero-order chi connectivity index (χ0) is 13.2. The predicted octanol–water partition coefficient (Wildman–Crippen LogP) is 1.97. The summed E-state index contributed by atoms with van der Waals surface area (Å²) in [6.45, 7) is 0. The average molecular weight is 245 g/mol. The fourth-order valence-corrected chi connectivity index (χ4v) is 1.00. The number of carbonyl (C=O) groups is 1. The molecule has 8 heteroatoms. The number of hydrogen-bond donors (Lipinski definition) is 1. The number of anilines is 1. The van der Waals surface area contributed by atoms with E-state index in [4.69, 9.17) is 0 Å². The molecular weight excluding hydrogens is 236 g/mol. The van der Waals surface area contributed by atoms with Crippen LogP contribution in [0, 0.1) is 21.7 Å². The Morgan fingerprint density at radius 1 is 1.35 bits per heavy atom. The topological polar surface area (TPSA) is 75.5 Å². The van der Waals surface area contributed by atoms with Crippen LogP contribution in [0.5, 0.6) is 0 Å². The van der Waals surface area contributed by atoms with Gasteiger partial charge in [0.1, 0.15) is 5.82 Å². The zero-order valence-corrected chi connectivity index (χ0v) is 9.03. The molecule has 0 unspecified atom stereocenters. The Bertz CT molecular complexity index is 477. The van der Waals surface area contributed by atoms with Gasteiger partial charge in [-0.3, -0.25) is 10.1 Å². The van der Waals surface area contributed by atoms with Crippen molar-refractivity contribution < 1.29 is 18.5 Å². The maximum absolute atomic E-state index is 13.2. The second-order valence-electron chi connectivity index (χ2n) is 3.37. The Labute approximate surface area is 95.0 Å². The highest BCUT2D eigenvalue weighted by Gasteiger charge is 2.19. The minimum absolute atomic E-state index is 0.351. The summed E-state index contributed by atoms with van der Waals surface area (Å²) >= 11 is 0. The number of nitrogens with one attached hydrogen (secondary N) is 1. The van der Waals surface area contributed by atoms with Crippen molar-refractivity contribution in [2.75, 3.05) is 19.4 Å². The lowest BCUT2D eigenvalue weighted by Gasteiger charge is -2.12. The van der Waals surface area contributed by atoms with E-state index in [-0.39, 0.29) is 0 Å². The van der Waals surface area contributed by atoms with Crippen molar-refractivity contribution in [3.8, 4) is 0 Å². The minimum atomic E-state index is -1.30. The number of benzene rings is 1. The third-order valence-electron chi connectivity index (χ3n) is 1.88. The van der Waals surface area contributed by atoms with Crippen LogP contribution >= 0.6 is 0 Å². The lowest BCUT2D eigenvalue weighted by molar-refractivity contribution is -0.387. The summed E-state index contributed by atoms with van der Waals surface area (Å²) in [6.07, 6.45) is 0. The van der Waals surface area contributed by atoms with Gasteiger partial charge < -0.3 is 10.2 Å². The molecule has 0 heterocycles. The summed E-state index contributed by atoms with van der Waals surface area (Å²) < 4.78 is 26.2. The molecule has 1 aromatic carbocycles. The summed E-state index contributed by atoms with van der Waals surface area (Å²) in [5, 5.41) is 12.5. The largest absolute Gasteiger partial charge is 0.331 e. The lowest BCUT2D eigenvalue weighted by atomic mass is 10.2. The zero-order valence-electron chi connectivity index (χ0n) is 9.03. The average Bonchev–Trinajstić information content (AvgIpc) is 2.21. The van der Waals surface area contributed by atoms with Gasteiger partial charge in [0, 0.05) is 26.2 Å². The lowest BCUT2D eigenvalue weighted by Crippen LogP contribution is -2.27. The van der Waals surface area contributed by atoms with Gasteiger partial charge in [0.2, 0.25) is 5.82 Å². The number of urea groups is 1. The maximum atomic E-state index is 13.2. The van der Waals surface area contributed by atoms with Crippen molar-refractivity contribution in [1.29, 1.82) is 0 Å². The predicted molar refractivity (Wildman–Crippen MR) is 55.7 cm³/mol. The molecule has 0 bridgehead atoms. The molecule has 0 atom stereocenters. The molecule has 1 rings (SSSR count). The standard InChI is InChI=1S/C9H9F2N3O3/c1-13(2)9(15)12-7-4-8(14(16)17)6(11)3-5(7)10/h3-4H,1-2H3,(H,12,15). The molecule has 6 nitrogen and oxygen atoms in total. The molecule has 0 saturated heterocycles. The smallest absolute Gasteiger partial charge is 0.321 e. The van der Waals surface area contributed by atoms with E-state index in [1.165, 1.54) is 14.1 Å². The van der Waals surface area contributed by atoms with Gasteiger partial charge in [-0.05, 0) is 0 Å². The first-order chi connectivity index (χ1) is 7.82. The first kappa shape index (κ1) is 12.8. The molecule has 17 heavy (non-hydrogen) atoms. The number of amides is 2. The monoisotopic (exact) mass is 245 g/mol. The van der Waals surface area contributed by atoms with Crippen molar-refractivity contribution in [3.63, 3.8) is 0 Å². The van der Waals surface area contributed by atoms with Crippen molar-refractivity contribution >= 4 is 17.4 Å². The summed E-state index contributed by atoms with van der Waals surface area (Å²) in [4.78, 5) is 21.7. The van der Waals surface area contributed by atoms with E-state index in [0.29, 0.717) is 12.1 Å². The fourth-order valence-electron chi connectivity index (χ4n) is 1.00. The Morgan fingerprint density at radius 3 is 2.41 bits per heavy atom. The number of halogens is 2. The molecule has 1 aromatic rings. The van der Waals surface area contributed by atoms with E-state index >= 15 is 0 Å². The fraction of sp³-hybridized carbons (Fsp3) is 0.222. The molecule has 1 N–H and O–H groups in total. The molecule has 0 aliphatic rings. The molecular formula is C9H9F2N3O3. The van der Waals surface area contributed by atoms with Crippen LogP contribution in [0.4, 0.5) is 25.0 Å². The first-order valence-electron chi connectivity index (χ1n) is 4.44. The highest BCUT2D eigenvalue weighted by molar-refractivity contribution is 5.89. The Kier molecular flexibility index (Phi) is 3.56. The van der Waals surface area contributed by atoms with Crippen LogP contribution < -0.4 is 5.32 Å². The summed E-state index contributed by atoms with van der Waals surface area (Å²) in [5.41, 5.74) is -1.35. The number of hydrogen-bond acceptors (Lipinski definition) is 3. The van der Waals surface area contributed by atoms with Gasteiger partial charge in [-0.2, -0.15) is 4.39 Å². The molecule has 0 spiro atoms. The summed E-state index contributed by atoms with van der Waals surface area (Å²) in [6, 6.07) is 0.306. The molecule has 0 aromatic heterocycles. The van der Waals surface area contributed by atoms with E-state index in [1.807, 2.05) is 0 Å². The van der Waals surface area contributed by atoms with E-state index in [2.05, 4.69) is 5.32 Å². The summed E-state index contributed by atoms with van der Waals surface area (Å²) in [5.74, 6) is -2.38. The molecule has 0 radical (unpaired) electrons. The van der Waals surface area contributed by atoms with Crippen LogP contribution in [-0.2, 0) is 0 Å². The van der Waals surface area contributed by atoms with Crippen LogP contribution in [0.25, 0.3) is 0 Å². The van der Waals surface area contributed by atoms with Gasteiger partial charge in [0.05, 0.1) is 10.6 Å². The SMILES string of the molecule is CN(C)C(=O)Nc1cc([N+](=O)[O-])c(F)cc1F. The highest BCUT2D eigenvalue weighted by Crippen LogP contribution is 2.25. The Morgan fingerprint density at radius 2 is 1.94 bits per heavy atom. The van der Waals surface area contributed by atoms with Gasteiger partial charge >= 0.3 is 11.7 Å². The Balaban J connectivity index is 3.12. The maximum Gasteiger partial charge on any atom is 0.321 e. The normalized spacial score (nSPS) is 9.88. The van der Waals surface area contributed by atoms with Gasteiger partial charge in [0.15, 0.2) is 0 Å². The van der Waals surface area contributed by atoms with Crippen LogP contribution in [0.2, 0.25) is 0 Å². The van der Waals surface area contributed by atoms with Gasteiger partial charge in [-0.15, -0.1) is 0 Å². The molecule has 0 saturated carbocycles. The van der Waals surface area contributed by atoms with Crippen LogP contribution in [0.1, 0.15) is 0 Å². The van der Waals surface area contributed by atoms with Crippen molar-refractivity contribution in [1.82, 2.24) is 4.90 Å². The minimum Gasteiger partial charge on any atom is -0.331 e. The van der Waals surface area contributed by atoms with E-state index in [1.54, 1.807) is 0 Å². The highest BCUT2D eigenvalue weighted by atomic mass is 19.1. The quantitative estimate of drug-likeness (QED) is 0.639. The van der Waals surface area contributed by atoms with Gasteiger partial charge in [-0.25, -0.2) is 9.18 Å². The summed E-state index contributed by atoms with van der Waals surface area (Å²) in [7, 11) is 2.82. The van der Waals surface area contributed by atoms with Crippen LogP contribution in [0.15, 0.2) is 12.1 Å². The third-order valence-corrected chi connectivity index (χ3v) is 1.88. The Hall–Kier alpha value is -2.25. The van der Waals surface area contributed by atoms with E-state index in [9.17, 15) is 23.7 Å². The van der Waals surface area contributed by atoms with Crippen molar-refractivity contribution in [3.05, 3.63) is 33.9 Å². The van der Waals surface area contributed by atoms with Crippen LogP contribution in [-0.4, -0.2) is 29.9 Å². The molecule has 0 fully saturated rings. The van der Waals surface area contributed by atoms with Gasteiger partial charge in [0.25, 0.3) is 0 Å². The van der Waals surface area contributed by atoms with E-state index < -0.39 is 34.0 Å². The van der Waals surface area contributed by atoms with Gasteiger partial charge in [-0.1, -0.05) is 0 Å². The number of rotatable bonds is 2. The number of nitrogens with zero attached hydrogens (tertiary/aromatic N) is 2. The number of nitro groups is 1.